The molecule has 22 heavy (non-hydrogen) atoms. The molecule has 2 bridgehead atoms. The number of piperidine rings is 1. The van der Waals surface area contributed by atoms with E-state index in [2.05, 4.69) is 10.4 Å². The lowest BCUT2D eigenvalue weighted by molar-refractivity contribution is -0.133. The first-order valence-corrected chi connectivity index (χ1v) is 8.13. The average Bonchev–Trinajstić information content (AvgIpc) is 3.10. The number of amides is 1. The van der Waals surface area contributed by atoms with E-state index in [0.29, 0.717) is 24.7 Å². The van der Waals surface area contributed by atoms with E-state index in [1.807, 2.05) is 47.1 Å². The van der Waals surface area contributed by atoms with Crippen molar-refractivity contribution in [2.24, 2.45) is 0 Å². The summed E-state index contributed by atoms with van der Waals surface area (Å²) < 4.78 is 1.81. The molecule has 1 N–H and O–H groups in total. The Bertz CT molecular complexity index is 683. The van der Waals surface area contributed by atoms with E-state index in [1.54, 1.807) is 0 Å². The Hall–Kier alpha value is -1.88. The third kappa shape index (κ3) is 2.39. The highest BCUT2D eigenvalue weighted by Gasteiger charge is 2.36. The molecule has 2 aromatic rings. The lowest BCUT2D eigenvalue weighted by Crippen LogP contribution is -2.49. The van der Waals surface area contributed by atoms with Crippen LogP contribution < -0.4 is 5.32 Å². The van der Waals surface area contributed by atoms with Crippen molar-refractivity contribution >= 4 is 16.8 Å². The second-order valence-corrected chi connectivity index (χ2v) is 6.63. The molecule has 5 nitrogen and oxygen atoms in total. The minimum absolute atomic E-state index is 0.153. The van der Waals surface area contributed by atoms with Crippen LogP contribution in [0.1, 0.15) is 25.7 Å². The highest BCUT2D eigenvalue weighted by Crippen LogP contribution is 2.29. The third-order valence-electron chi connectivity index (χ3n) is 5.23. The number of nitrogens with one attached hydrogen (secondary N) is 1. The van der Waals surface area contributed by atoms with Crippen molar-refractivity contribution in [1.29, 1.82) is 0 Å². The molecule has 0 aliphatic carbocycles. The van der Waals surface area contributed by atoms with Crippen LogP contribution in [-0.4, -0.2) is 45.8 Å². The molecule has 0 spiro atoms. The number of benzene rings is 1. The maximum absolute atomic E-state index is 12.6. The number of rotatable bonds is 3. The van der Waals surface area contributed by atoms with Crippen LogP contribution in [-0.2, 0) is 11.3 Å². The highest BCUT2D eigenvalue weighted by molar-refractivity contribution is 5.82. The molecule has 2 saturated heterocycles. The molecule has 2 fully saturated rings. The van der Waals surface area contributed by atoms with Crippen LogP contribution >= 0.6 is 0 Å². The van der Waals surface area contributed by atoms with Crippen LogP contribution in [0.5, 0.6) is 0 Å². The number of para-hydroxylation sites is 1. The van der Waals surface area contributed by atoms with Gasteiger partial charge in [0, 0.05) is 30.6 Å². The molecule has 5 heteroatoms. The molecular formula is C17H22N4O. The Labute approximate surface area is 130 Å². The first-order chi connectivity index (χ1) is 10.7. The number of carbonyl (C=O) groups excluding carboxylic acids is 1. The molecule has 2 aliphatic heterocycles. The molecular weight excluding hydrogens is 276 g/mol. The van der Waals surface area contributed by atoms with Crippen molar-refractivity contribution < 1.29 is 4.79 Å². The van der Waals surface area contributed by atoms with Gasteiger partial charge in [-0.1, -0.05) is 18.2 Å². The van der Waals surface area contributed by atoms with Gasteiger partial charge >= 0.3 is 0 Å². The van der Waals surface area contributed by atoms with Crippen molar-refractivity contribution in [3.63, 3.8) is 0 Å². The number of nitrogens with zero attached hydrogens (tertiary/aromatic N) is 3. The SMILES string of the molecule is CN(C(=O)Cn1ncc2ccccc21)C1CC2CCC(C1)N2. The molecule has 0 saturated carbocycles. The van der Waals surface area contributed by atoms with Gasteiger partial charge in [0.05, 0.1) is 11.7 Å². The Kier molecular flexibility index (Phi) is 3.37. The van der Waals surface area contributed by atoms with Gasteiger partial charge < -0.3 is 10.2 Å². The highest BCUT2D eigenvalue weighted by atomic mass is 16.2. The van der Waals surface area contributed by atoms with Crippen LogP contribution in [0.15, 0.2) is 30.5 Å². The lowest BCUT2D eigenvalue weighted by atomic mass is 9.98. The molecule has 1 aromatic heterocycles. The second kappa shape index (κ2) is 5.39. The first kappa shape index (κ1) is 13.8. The molecule has 0 radical (unpaired) electrons. The Morgan fingerprint density at radius 2 is 2.05 bits per heavy atom. The largest absolute Gasteiger partial charge is 0.341 e. The van der Waals surface area contributed by atoms with Gasteiger partial charge in [0.2, 0.25) is 5.91 Å². The zero-order chi connectivity index (χ0) is 15.1. The van der Waals surface area contributed by atoms with Gasteiger partial charge in [0.15, 0.2) is 0 Å². The van der Waals surface area contributed by atoms with Crippen molar-refractivity contribution in [3.05, 3.63) is 30.5 Å². The Balaban J connectivity index is 1.47. The fourth-order valence-electron chi connectivity index (χ4n) is 3.94. The summed E-state index contributed by atoms with van der Waals surface area (Å²) in [6.45, 7) is 0.323. The standard InChI is InChI=1S/C17H22N4O/c1-20(15-8-13-6-7-14(9-15)19-13)17(22)11-21-16-5-3-2-4-12(16)10-18-21/h2-5,10,13-15,19H,6-9,11H2,1H3. The topological polar surface area (TPSA) is 50.2 Å². The zero-order valence-electron chi connectivity index (χ0n) is 12.9. The Morgan fingerprint density at radius 3 is 2.82 bits per heavy atom. The van der Waals surface area contributed by atoms with Crippen molar-refractivity contribution in [1.82, 2.24) is 20.0 Å². The summed E-state index contributed by atoms with van der Waals surface area (Å²) in [6.07, 6.45) is 6.50. The van der Waals surface area contributed by atoms with Crippen LogP contribution in [0.25, 0.3) is 10.9 Å². The molecule has 116 valence electrons. The number of likely N-dealkylation sites (N-methyl/N-ethyl adjacent to an activating group) is 1. The van der Waals surface area contributed by atoms with Gasteiger partial charge in [0.1, 0.15) is 6.54 Å². The van der Waals surface area contributed by atoms with Crippen LogP contribution in [0, 0.1) is 0 Å². The minimum Gasteiger partial charge on any atom is -0.341 e. The lowest BCUT2D eigenvalue weighted by Gasteiger charge is -2.35. The van der Waals surface area contributed by atoms with E-state index in [9.17, 15) is 4.79 Å². The number of aromatic nitrogens is 2. The summed E-state index contributed by atoms with van der Waals surface area (Å²) >= 11 is 0. The van der Waals surface area contributed by atoms with Gasteiger partial charge in [0.25, 0.3) is 0 Å². The van der Waals surface area contributed by atoms with Gasteiger partial charge in [-0.05, 0) is 31.7 Å². The van der Waals surface area contributed by atoms with Crippen LogP contribution in [0.3, 0.4) is 0 Å². The summed E-state index contributed by atoms with van der Waals surface area (Å²) in [7, 11) is 1.95. The van der Waals surface area contributed by atoms with E-state index < -0.39 is 0 Å². The summed E-state index contributed by atoms with van der Waals surface area (Å²) in [6, 6.07) is 9.59. The van der Waals surface area contributed by atoms with E-state index >= 15 is 0 Å². The third-order valence-corrected chi connectivity index (χ3v) is 5.23. The Morgan fingerprint density at radius 1 is 1.32 bits per heavy atom. The van der Waals surface area contributed by atoms with Gasteiger partial charge in [-0.3, -0.25) is 9.48 Å². The van der Waals surface area contributed by atoms with Crippen LogP contribution in [0.4, 0.5) is 0 Å². The van der Waals surface area contributed by atoms with Crippen LogP contribution in [0.2, 0.25) is 0 Å². The molecule has 3 heterocycles. The summed E-state index contributed by atoms with van der Waals surface area (Å²) in [5, 5.41) is 9.07. The predicted molar refractivity (Wildman–Crippen MR) is 85.5 cm³/mol. The quantitative estimate of drug-likeness (QED) is 0.939. The molecule has 4 rings (SSSR count). The van der Waals surface area contributed by atoms with Gasteiger partial charge in [-0.2, -0.15) is 5.10 Å². The fraction of sp³-hybridized carbons (Fsp3) is 0.529. The maximum atomic E-state index is 12.6. The maximum Gasteiger partial charge on any atom is 0.244 e. The van der Waals surface area contributed by atoms with Crippen molar-refractivity contribution in [3.8, 4) is 0 Å². The van der Waals surface area contributed by atoms with E-state index in [0.717, 1.165) is 23.7 Å². The number of hydrogen-bond donors (Lipinski definition) is 1. The molecule has 1 amide bonds. The van der Waals surface area contributed by atoms with E-state index in [-0.39, 0.29) is 5.91 Å². The first-order valence-electron chi connectivity index (χ1n) is 8.13. The van der Waals surface area contributed by atoms with Gasteiger partial charge in [-0.15, -0.1) is 0 Å². The van der Waals surface area contributed by atoms with Crippen molar-refractivity contribution in [2.45, 2.75) is 50.4 Å². The van der Waals surface area contributed by atoms with E-state index in [1.165, 1.54) is 12.8 Å². The average molecular weight is 298 g/mol. The normalized spacial score (nSPS) is 27.2. The smallest absolute Gasteiger partial charge is 0.244 e. The predicted octanol–water partition coefficient (Wildman–Crippen LogP) is 1.78. The van der Waals surface area contributed by atoms with Gasteiger partial charge in [-0.25, -0.2) is 0 Å². The minimum atomic E-state index is 0.153. The van der Waals surface area contributed by atoms with E-state index in [4.69, 9.17) is 0 Å². The number of hydrogen-bond acceptors (Lipinski definition) is 3. The summed E-state index contributed by atoms with van der Waals surface area (Å²) in [5.74, 6) is 0.153. The zero-order valence-corrected chi connectivity index (χ0v) is 12.9. The fourth-order valence-corrected chi connectivity index (χ4v) is 3.94. The number of fused-ring (bicyclic) bond motifs is 3. The summed E-state index contributed by atoms with van der Waals surface area (Å²) in [5.41, 5.74) is 1.02. The summed E-state index contributed by atoms with van der Waals surface area (Å²) in [4.78, 5) is 14.6. The number of carbonyl (C=O) groups is 1. The molecule has 2 atom stereocenters. The van der Waals surface area contributed by atoms with Crippen molar-refractivity contribution in [2.75, 3.05) is 7.05 Å². The second-order valence-electron chi connectivity index (χ2n) is 6.63. The molecule has 1 aromatic carbocycles. The monoisotopic (exact) mass is 298 g/mol. The molecule has 2 unspecified atom stereocenters. The molecule has 2 aliphatic rings.